The Morgan fingerprint density at radius 1 is 1.11 bits per heavy atom. The molecule has 0 spiro atoms. The topological polar surface area (TPSA) is 94.0 Å². The molecule has 4 aliphatic carbocycles. The number of hydrogen-bond acceptors (Lipinski definition) is 3. The van der Waals surface area contributed by atoms with E-state index >= 15 is 0 Å². The highest BCUT2D eigenvalue weighted by molar-refractivity contribution is 5.91. The Hall–Kier alpha value is -2.55. The molecule has 0 atom stereocenters. The molecular formula is C21H26N4O2. The molecule has 1 aromatic carbocycles. The van der Waals surface area contributed by atoms with Crippen LogP contribution in [0.4, 0.5) is 10.5 Å². The van der Waals surface area contributed by atoms with Gasteiger partial charge in [0, 0.05) is 24.2 Å². The number of rotatable bonds is 5. The van der Waals surface area contributed by atoms with Gasteiger partial charge in [-0.3, -0.25) is 4.79 Å². The van der Waals surface area contributed by atoms with Crippen molar-refractivity contribution in [1.29, 1.82) is 5.26 Å². The lowest BCUT2D eigenvalue weighted by molar-refractivity contribution is -0.116. The molecule has 4 aliphatic rings. The first kappa shape index (κ1) is 17.8. The largest absolute Gasteiger partial charge is 0.338 e. The lowest BCUT2D eigenvalue weighted by Crippen LogP contribution is -2.61. The SMILES string of the molecule is N#Cc1cccc(NC(=O)CCNC(=O)NC23CC4CC(CC(C4)C2)C3)c1. The van der Waals surface area contributed by atoms with Crippen molar-refractivity contribution in [1.82, 2.24) is 10.6 Å². The van der Waals surface area contributed by atoms with E-state index in [2.05, 4.69) is 16.0 Å². The highest BCUT2D eigenvalue weighted by atomic mass is 16.2. The van der Waals surface area contributed by atoms with Crippen molar-refractivity contribution in [3.63, 3.8) is 0 Å². The first-order valence-corrected chi connectivity index (χ1v) is 9.90. The lowest BCUT2D eigenvalue weighted by atomic mass is 9.53. The Bertz CT molecular complexity index is 747. The molecule has 5 rings (SSSR count). The number of carbonyl (C=O) groups is 2. The molecule has 27 heavy (non-hydrogen) atoms. The molecule has 3 N–H and O–H groups in total. The number of anilines is 1. The number of urea groups is 1. The Labute approximate surface area is 159 Å². The summed E-state index contributed by atoms with van der Waals surface area (Å²) >= 11 is 0. The van der Waals surface area contributed by atoms with Gasteiger partial charge in [0.25, 0.3) is 0 Å². The van der Waals surface area contributed by atoms with Crippen LogP contribution in [0.25, 0.3) is 0 Å². The zero-order chi connectivity index (χ0) is 18.9. The zero-order valence-electron chi connectivity index (χ0n) is 15.5. The Balaban J connectivity index is 1.22. The Kier molecular flexibility index (Phi) is 4.77. The number of benzene rings is 1. The Morgan fingerprint density at radius 3 is 2.41 bits per heavy atom. The quantitative estimate of drug-likeness (QED) is 0.747. The van der Waals surface area contributed by atoms with Crippen LogP contribution in [-0.2, 0) is 4.79 Å². The third-order valence-corrected chi connectivity index (χ3v) is 6.33. The van der Waals surface area contributed by atoms with Crippen molar-refractivity contribution in [2.24, 2.45) is 17.8 Å². The molecule has 0 radical (unpaired) electrons. The normalized spacial score (nSPS) is 30.4. The Morgan fingerprint density at radius 2 is 1.78 bits per heavy atom. The van der Waals surface area contributed by atoms with Gasteiger partial charge in [-0.25, -0.2) is 4.79 Å². The van der Waals surface area contributed by atoms with E-state index in [0.717, 1.165) is 37.0 Å². The summed E-state index contributed by atoms with van der Waals surface area (Å²) in [6, 6.07) is 8.67. The van der Waals surface area contributed by atoms with Crippen LogP contribution in [0.3, 0.4) is 0 Å². The summed E-state index contributed by atoms with van der Waals surface area (Å²) in [7, 11) is 0. The van der Waals surface area contributed by atoms with Gasteiger partial charge < -0.3 is 16.0 Å². The van der Waals surface area contributed by atoms with E-state index in [4.69, 9.17) is 5.26 Å². The van der Waals surface area contributed by atoms with Crippen LogP contribution in [0.1, 0.15) is 50.5 Å². The summed E-state index contributed by atoms with van der Waals surface area (Å²) in [6.45, 7) is 0.294. The van der Waals surface area contributed by atoms with Crippen molar-refractivity contribution in [3.05, 3.63) is 29.8 Å². The number of nitrogens with one attached hydrogen (secondary N) is 3. The molecule has 3 amide bonds. The zero-order valence-corrected chi connectivity index (χ0v) is 15.5. The van der Waals surface area contributed by atoms with Crippen molar-refractivity contribution in [2.75, 3.05) is 11.9 Å². The van der Waals surface area contributed by atoms with E-state index in [1.165, 1.54) is 19.3 Å². The second-order valence-corrected chi connectivity index (χ2v) is 8.57. The van der Waals surface area contributed by atoms with Crippen LogP contribution >= 0.6 is 0 Å². The average Bonchev–Trinajstić information content (AvgIpc) is 2.60. The van der Waals surface area contributed by atoms with E-state index < -0.39 is 0 Å². The third-order valence-electron chi connectivity index (χ3n) is 6.33. The highest BCUT2D eigenvalue weighted by Crippen LogP contribution is 2.55. The molecule has 142 valence electrons. The molecule has 4 bridgehead atoms. The van der Waals surface area contributed by atoms with E-state index in [0.29, 0.717) is 17.8 Å². The van der Waals surface area contributed by atoms with Crippen LogP contribution < -0.4 is 16.0 Å². The maximum atomic E-state index is 12.4. The second-order valence-electron chi connectivity index (χ2n) is 8.57. The van der Waals surface area contributed by atoms with Crippen molar-refractivity contribution < 1.29 is 9.59 Å². The van der Waals surface area contributed by atoms with E-state index in [1.54, 1.807) is 24.3 Å². The molecule has 0 unspecified atom stereocenters. The second kappa shape index (κ2) is 7.22. The van der Waals surface area contributed by atoms with Gasteiger partial charge in [-0.1, -0.05) is 6.07 Å². The first-order valence-electron chi connectivity index (χ1n) is 9.90. The van der Waals surface area contributed by atoms with Gasteiger partial charge in [0.05, 0.1) is 11.6 Å². The van der Waals surface area contributed by atoms with Gasteiger partial charge in [-0.05, 0) is 74.5 Å². The van der Waals surface area contributed by atoms with Crippen LogP contribution in [-0.4, -0.2) is 24.0 Å². The standard InChI is InChI=1S/C21H26N4O2/c22-13-14-2-1-3-18(9-14)24-19(26)4-5-23-20(27)25-21-10-15-6-16(11-21)8-17(7-15)12-21/h1-3,9,15-17H,4-8,10-12H2,(H,24,26)(H2,23,25,27). The van der Waals surface area contributed by atoms with E-state index in [9.17, 15) is 9.59 Å². The summed E-state index contributed by atoms with van der Waals surface area (Å²) in [6.07, 6.45) is 7.57. The van der Waals surface area contributed by atoms with E-state index in [1.807, 2.05) is 6.07 Å². The number of nitriles is 1. The molecule has 6 nitrogen and oxygen atoms in total. The van der Waals surface area contributed by atoms with Gasteiger partial charge in [-0.15, -0.1) is 0 Å². The van der Waals surface area contributed by atoms with Crippen LogP contribution in [0.2, 0.25) is 0 Å². The van der Waals surface area contributed by atoms with Crippen LogP contribution in [0, 0.1) is 29.1 Å². The molecule has 1 aromatic rings. The first-order chi connectivity index (χ1) is 13.0. The molecule has 0 aliphatic heterocycles. The summed E-state index contributed by atoms with van der Waals surface area (Å²) in [4.78, 5) is 24.4. The molecular weight excluding hydrogens is 340 g/mol. The highest BCUT2D eigenvalue weighted by Gasteiger charge is 2.51. The van der Waals surface area contributed by atoms with Gasteiger partial charge in [0.15, 0.2) is 0 Å². The molecule has 4 saturated carbocycles. The minimum atomic E-state index is -0.180. The molecule has 0 saturated heterocycles. The predicted molar refractivity (Wildman–Crippen MR) is 102 cm³/mol. The molecule has 6 heteroatoms. The minimum Gasteiger partial charge on any atom is -0.338 e. The fourth-order valence-corrected chi connectivity index (χ4v) is 5.73. The van der Waals surface area contributed by atoms with E-state index in [-0.39, 0.29) is 23.9 Å². The smallest absolute Gasteiger partial charge is 0.315 e. The van der Waals surface area contributed by atoms with Gasteiger partial charge in [-0.2, -0.15) is 5.26 Å². The molecule has 0 heterocycles. The van der Waals surface area contributed by atoms with Gasteiger partial charge in [0.1, 0.15) is 0 Å². The van der Waals surface area contributed by atoms with Gasteiger partial charge >= 0.3 is 6.03 Å². The fourth-order valence-electron chi connectivity index (χ4n) is 5.73. The van der Waals surface area contributed by atoms with Crippen molar-refractivity contribution >= 4 is 17.6 Å². The third kappa shape index (κ3) is 4.08. The summed E-state index contributed by atoms with van der Waals surface area (Å²) in [5, 5.41) is 17.7. The average molecular weight is 366 g/mol. The lowest BCUT2D eigenvalue weighted by Gasteiger charge is -2.56. The number of amides is 3. The predicted octanol–water partition coefficient (Wildman–Crippen LogP) is 3.15. The molecule has 4 fully saturated rings. The number of nitrogens with zero attached hydrogens (tertiary/aromatic N) is 1. The molecule has 0 aromatic heterocycles. The van der Waals surface area contributed by atoms with Crippen LogP contribution in [0.5, 0.6) is 0 Å². The van der Waals surface area contributed by atoms with Crippen molar-refractivity contribution in [2.45, 2.75) is 50.5 Å². The number of hydrogen-bond donors (Lipinski definition) is 3. The maximum Gasteiger partial charge on any atom is 0.315 e. The van der Waals surface area contributed by atoms with Crippen molar-refractivity contribution in [3.8, 4) is 6.07 Å². The minimum absolute atomic E-state index is 0.0151. The fraction of sp³-hybridized carbons (Fsp3) is 0.571. The van der Waals surface area contributed by atoms with Gasteiger partial charge in [0.2, 0.25) is 5.91 Å². The summed E-state index contributed by atoms with van der Waals surface area (Å²) in [5.41, 5.74) is 1.08. The van der Waals surface area contributed by atoms with Crippen LogP contribution in [0.15, 0.2) is 24.3 Å². The monoisotopic (exact) mass is 366 g/mol. The summed E-state index contributed by atoms with van der Waals surface area (Å²) in [5.74, 6) is 2.17. The maximum absolute atomic E-state index is 12.4. The number of carbonyl (C=O) groups excluding carboxylic acids is 2. The summed E-state index contributed by atoms with van der Waals surface area (Å²) < 4.78 is 0.